The molecule has 186 valence electrons. The molecule has 2 aromatic carbocycles. The van der Waals surface area contributed by atoms with Gasteiger partial charge in [0.1, 0.15) is 10.6 Å². The molecule has 0 amide bonds. The Bertz CT molecular complexity index is 1970. The third-order valence-corrected chi connectivity index (χ3v) is 8.14. The van der Waals surface area contributed by atoms with E-state index in [9.17, 15) is 9.59 Å². The number of rotatable bonds is 4. The molecule has 10 heteroatoms. The maximum absolute atomic E-state index is 13.8. The van der Waals surface area contributed by atoms with Crippen LogP contribution < -0.4 is 16.0 Å². The zero-order valence-electron chi connectivity index (χ0n) is 21.0. The molecule has 0 atom stereocenters. The van der Waals surface area contributed by atoms with Gasteiger partial charge in [-0.25, -0.2) is 19.3 Å². The molecule has 0 aliphatic carbocycles. The average molecular weight is 513 g/mol. The number of nitrogens with zero attached hydrogens (tertiary/aromatic N) is 6. The van der Waals surface area contributed by atoms with Crippen LogP contribution in [0.1, 0.15) is 11.3 Å². The normalized spacial score (nSPS) is 11.6. The summed E-state index contributed by atoms with van der Waals surface area (Å²) >= 11 is 1.43. The van der Waals surface area contributed by atoms with E-state index >= 15 is 0 Å². The predicted molar refractivity (Wildman–Crippen MR) is 146 cm³/mol. The summed E-state index contributed by atoms with van der Waals surface area (Å²) in [6.45, 7) is 3.86. The summed E-state index contributed by atoms with van der Waals surface area (Å²) in [6, 6.07) is 11.3. The molecule has 0 aliphatic heterocycles. The lowest BCUT2D eigenvalue weighted by Gasteiger charge is -2.11. The van der Waals surface area contributed by atoms with E-state index in [1.165, 1.54) is 15.9 Å². The van der Waals surface area contributed by atoms with Gasteiger partial charge in [-0.05, 0) is 55.3 Å². The average Bonchev–Trinajstić information content (AvgIpc) is 3.59. The monoisotopic (exact) mass is 512 g/mol. The zero-order chi connectivity index (χ0) is 26.0. The number of benzene rings is 2. The Kier molecular flexibility index (Phi) is 5.16. The van der Waals surface area contributed by atoms with Crippen molar-refractivity contribution in [2.24, 2.45) is 14.1 Å². The van der Waals surface area contributed by atoms with Crippen LogP contribution in [0, 0.1) is 13.8 Å². The summed E-state index contributed by atoms with van der Waals surface area (Å²) < 4.78 is 12.3. The Morgan fingerprint density at radius 3 is 2.51 bits per heavy atom. The van der Waals surface area contributed by atoms with Gasteiger partial charge in [0.2, 0.25) is 0 Å². The fraction of sp³-hybridized carbons (Fsp3) is 0.185. The molecule has 0 bridgehead atoms. The first-order chi connectivity index (χ1) is 17.8. The minimum absolute atomic E-state index is 0.342. The van der Waals surface area contributed by atoms with E-state index in [2.05, 4.69) is 9.97 Å². The van der Waals surface area contributed by atoms with Crippen LogP contribution >= 0.6 is 11.3 Å². The van der Waals surface area contributed by atoms with Crippen LogP contribution in [0.5, 0.6) is 5.75 Å². The van der Waals surface area contributed by atoms with Gasteiger partial charge in [-0.15, -0.1) is 11.3 Å². The maximum Gasteiger partial charge on any atom is 0.336 e. The third kappa shape index (κ3) is 3.44. The van der Waals surface area contributed by atoms with Crippen LogP contribution in [0.15, 0.2) is 64.8 Å². The highest BCUT2D eigenvalue weighted by Crippen LogP contribution is 2.39. The fourth-order valence-corrected chi connectivity index (χ4v) is 6.02. The van der Waals surface area contributed by atoms with Crippen molar-refractivity contribution in [3.8, 4) is 27.6 Å². The molecule has 9 nitrogen and oxygen atoms in total. The van der Waals surface area contributed by atoms with Crippen molar-refractivity contribution in [2.45, 2.75) is 13.8 Å². The second kappa shape index (κ2) is 8.31. The van der Waals surface area contributed by atoms with Crippen molar-refractivity contribution in [1.82, 2.24) is 28.2 Å². The quantitative estimate of drug-likeness (QED) is 0.355. The molecule has 6 aromatic rings. The topological polar surface area (TPSA) is 88.9 Å². The lowest BCUT2D eigenvalue weighted by molar-refractivity contribution is 0.413. The molecule has 0 radical (unpaired) electrons. The van der Waals surface area contributed by atoms with Crippen LogP contribution in [-0.4, -0.2) is 35.3 Å². The molecular weight excluding hydrogens is 488 g/mol. The highest BCUT2D eigenvalue weighted by molar-refractivity contribution is 7.22. The first-order valence-corrected chi connectivity index (χ1v) is 12.5. The van der Waals surface area contributed by atoms with Crippen molar-refractivity contribution in [3.05, 3.63) is 87.3 Å². The standard InChI is InChI=1S/C27H24N6O3S/c1-15-12-32(14-28-15)21-8-6-17(10-22(21)36-5)24-16(2)23-25(34)33(27(35)31(4)26(23)37-24)18-7-9-20-19(11-18)29-13-30(20)3/h6-14H,1-5H3. The molecule has 0 spiro atoms. The van der Waals surface area contributed by atoms with E-state index < -0.39 is 5.69 Å². The predicted octanol–water partition coefficient (Wildman–Crippen LogP) is 4.12. The smallest absolute Gasteiger partial charge is 0.336 e. The van der Waals surface area contributed by atoms with Crippen molar-refractivity contribution in [2.75, 3.05) is 7.11 Å². The Morgan fingerprint density at radius 2 is 1.78 bits per heavy atom. The summed E-state index contributed by atoms with van der Waals surface area (Å²) in [6.07, 6.45) is 5.39. The van der Waals surface area contributed by atoms with Gasteiger partial charge < -0.3 is 13.9 Å². The highest BCUT2D eigenvalue weighted by Gasteiger charge is 2.21. The van der Waals surface area contributed by atoms with Gasteiger partial charge in [-0.3, -0.25) is 9.36 Å². The molecule has 0 N–H and O–H groups in total. The van der Waals surface area contributed by atoms with E-state index in [-0.39, 0.29) is 5.56 Å². The largest absolute Gasteiger partial charge is 0.495 e. The molecule has 0 saturated heterocycles. The fourth-order valence-electron chi connectivity index (χ4n) is 4.77. The Labute approximate surface area is 215 Å². The number of methoxy groups -OCH3 is 1. The molecule has 0 fully saturated rings. The van der Waals surface area contributed by atoms with Crippen molar-refractivity contribution >= 4 is 32.6 Å². The minimum atomic E-state index is -0.399. The Morgan fingerprint density at radius 1 is 0.973 bits per heavy atom. The number of ether oxygens (including phenoxy) is 1. The second-order valence-corrected chi connectivity index (χ2v) is 10.1. The Hall–Kier alpha value is -4.44. The number of hydrogen-bond donors (Lipinski definition) is 0. The van der Waals surface area contributed by atoms with Gasteiger partial charge in [-0.2, -0.15) is 0 Å². The number of aryl methyl sites for hydroxylation is 4. The summed E-state index contributed by atoms with van der Waals surface area (Å²) in [5.74, 6) is 0.682. The molecule has 4 aromatic heterocycles. The lowest BCUT2D eigenvalue weighted by atomic mass is 10.1. The van der Waals surface area contributed by atoms with Gasteiger partial charge in [-0.1, -0.05) is 6.07 Å². The number of hydrogen-bond acceptors (Lipinski definition) is 6. The molecule has 0 saturated carbocycles. The highest BCUT2D eigenvalue weighted by atomic mass is 32.1. The van der Waals surface area contributed by atoms with Crippen LogP contribution in [0.3, 0.4) is 0 Å². The summed E-state index contributed by atoms with van der Waals surface area (Å²) in [5.41, 5.74) is 4.90. The van der Waals surface area contributed by atoms with Gasteiger partial charge in [0, 0.05) is 25.2 Å². The van der Waals surface area contributed by atoms with E-state index in [1.807, 2.05) is 60.5 Å². The minimum Gasteiger partial charge on any atom is -0.495 e. The molecular formula is C27H24N6O3S. The zero-order valence-corrected chi connectivity index (χ0v) is 21.8. The van der Waals surface area contributed by atoms with Crippen LogP contribution in [0.4, 0.5) is 0 Å². The van der Waals surface area contributed by atoms with Crippen molar-refractivity contribution in [1.29, 1.82) is 0 Å². The SMILES string of the molecule is COc1cc(-c2sc3c(c2C)c(=O)n(-c2ccc4c(c2)ncn4C)c(=O)n3C)ccc1-n1cnc(C)c1. The maximum atomic E-state index is 13.8. The number of imidazole rings is 2. The lowest BCUT2D eigenvalue weighted by Crippen LogP contribution is -2.37. The van der Waals surface area contributed by atoms with Gasteiger partial charge >= 0.3 is 5.69 Å². The van der Waals surface area contributed by atoms with Crippen LogP contribution in [0.2, 0.25) is 0 Å². The van der Waals surface area contributed by atoms with Gasteiger partial charge in [0.15, 0.2) is 0 Å². The third-order valence-electron chi connectivity index (χ3n) is 6.73. The molecule has 6 rings (SSSR count). The summed E-state index contributed by atoms with van der Waals surface area (Å²) in [5, 5.41) is 0.525. The van der Waals surface area contributed by atoms with Gasteiger partial charge in [0.25, 0.3) is 5.56 Å². The van der Waals surface area contributed by atoms with E-state index in [0.717, 1.165) is 38.4 Å². The first kappa shape index (κ1) is 23.0. The van der Waals surface area contributed by atoms with Gasteiger partial charge in [0.05, 0.1) is 53.3 Å². The van der Waals surface area contributed by atoms with E-state index in [1.54, 1.807) is 43.5 Å². The molecule has 0 aliphatic rings. The Balaban J connectivity index is 1.55. The molecule has 4 heterocycles. The van der Waals surface area contributed by atoms with E-state index in [4.69, 9.17) is 4.74 Å². The van der Waals surface area contributed by atoms with Crippen molar-refractivity contribution < 1.29 is 4.74 Å². The second-order valence-electron chi connectivity index (χ2n) is 9.06. The van der Waals surface area contributed by atoms with Crippen molar-refractivity contribution in [3.63, 3.8) is 0 Å². The van der Waals surface area contributed by atoms with Crippen LogP contribution in [0.25, 0.3) is 43.1 Å². The number of fused-ring (bicyclic) bond motifs is 2. The first-order valence-electron chi connectivity index (χ1n) is 11.6. The van der Waals surface area contributed by atoms with Crippen LogP contribution in [-0.2, 0) is 14.1 Å². The molecule has 0 unspecified atom stereocenters. The summed E-state index contributed by atoms with van der Waals surface area (Å²) in [7, 11) is 5.23. The number of aromatic nitrogens is 6. The molecule has 37 heavy (non-hydrogen) atoms. The van der Waals surface area contributed by atoms with E-state index in [0.29, 0.717) is 21.7 Å². The summed E-state index contributed by atoms with van der Waals surface area (Å²) in [4.78, 5) is 37.4. The number of thiophene rings is 1.